The molecule has 1 saturated carbocycles. The van der Waals surface area contributed by atoms with Crippen molar-refractivity contribution in [3.63, 3.8) is 0 Å². The first kappa shape index (κ1) is 13.5. The average molecular weight is 228 g/mol. The van der Waals surface area contributed by atoms with Crippen LogP contribution in [0.1, 0.15) is 58.3 Å². The highest BCUT2D eigenvalue weighted by atomic mass is 16.5. The van der Waals surface area contributed by atoms with Crippen LogP contribution in [0.25, 0.3) is 0 Å². The molecule has 0 aromatic heterocycles. The van der Waals surface area contributed by atoms with Crippen LogP contribution in [-0.2, 0) is 9.53 Å². The number of ether oxygens (including phenoxy) is 1. The number of carbonyl (C=O) groups is 1. The van der Waals surface area contributed by atoms with Gasteiger partial charge >= 0.3 is 5.97 Å². The number of hydrogen-bond donors (Lipinski definition) is 1. The van der Waals surface area contributed by atoms with Gasteiger partial charge in [0.25, 0.3) is 0 Å². The summed E-state index contributed by atoms with van der Waals surface area (Å²) in [5, 5.41) is 8.69. The van der Waals surface area contributed by atoms with E-state index in [1.165, 1.54) is 19.3 Å². The third-order valence-electron chi connectivity index (χ3n) is 3.74. The summed E-state index contributed by atoms with van der Waals surface area (Å²) in [6, 6.07) is 0. The number of hydrogen-bond acceptors (Lipinski definition) is 3. The van der Waals surface area contributed by atoms with E-state index < -0.39 is 0 Å². The minimum Gasteiger partial charge on any atom is -0.463 e. The highest BCUT2D eigenvalue weighted by molar-refractivity contribution is 5.76. The van der Waals surface area contributed by atoms with Gasteiger partial charge in [-0.05, 0) is 19.3 Å². The van der Waals surface area contributed by atoms with Crippen molar-refractivity contribution in [3.05, 3.63) is 0 Å². The molecule has 1 fully saturated rings. The summed E-state index contributed by atoms with van der Waals surface area (Å²) >= 11 is 0. The molecule has 1 aliphatic rings. The first-order valence-electron chi connectivity index (χ1n) is 6.53. The van der Waals surface area contributed by atoms with Gasteiger partial charge in [-0.3, -0.25) is 4.79 Å². The SMILES string of the molecule is CCC1(C(=O)OCCO)CCCCCCC1. The lowest BCUT2D eigenvalue weighted by Crippen LogP contribution is -2.33. The molecule has 0 aliphatic heterocycles. The molecular formula is C13H24O3. The van der Waals surface area contributed by atoms with Crippen molar-refractivity contribution in [2.24, 2.45) is 5.41 Å². The van der Waals surface area contributed by atoms with Gasteiger partial charge in [-0.2, -0.15) is 0 Å². The van der Waals surface area contributed by atoms with Crippen LogP contribution >= 0.6 is 0 Å². The number of aliphatic hydroxyl groups excluding tert-OH is 1. The van der Waals surface area contributed by atoms with Crippen molar-refractivity contribution >= 4 is 5.97 Å². The first-order chi connectivity index (χ1) is 7.75. The molecule has 0 aromatic carbocycles. The summed E-state index contributed by atoms with van der Waals surface area (Å²) in [5.74, 6) is -0.0917. The molecular weight excluding hydrogens is 204 g/mol. The predicted molar refractivity (Wildman–Crippen MR) is 63.1 cm³/mol. The Hall–Kier alpha value is -0.570. The summed E-state index contributed by atoms with van der Waals surface area (Å²) in [4.78, 5) is 12.0. The van der Waals surface area contributed by atoms with Gasteiger partial charge < -0.3 is 9.84 Å². The molecule has 0 spiro atoms. The molecule has 0 aromatic rings. The summed E-state index contributed by atoms with van der Waals surface area (Å²) in [6.07, 6.45) is 8.78. The molecule has 3 nitrogen and oxygen atoms in total. The average Bonchev–Trinajstić information content (AvgIpc) is 2.26. The van der Waals surface area contributed by atoms with Crippen molar-refractivity contribution in [1.29, 1.82) is 0 Å². The summed E-state index contributed by atoms with van der Waals surface area (Å²) in [5.41, 5.74) is -0.268. The number of rotatable bonds is 4. The van der Waals surface area contributed by atoms with Gasteiger partial charge in [0.1, 0.15) is 6.61 Å². The van der Waals surface area contributed by atoms with Crippen molar-refractivity contribution in [3.8, 4) is 0 Å². The molecule has 0 bridgehead atoms. The molecule has 16 heavy (non-hydrogen) atoms. The van der Waals surface area contributed by atoms with E-state index in [4.69, 9.17) is 9.84 Å². The van der Waals surface area contributed by atoms with Gasteiger partial charge in [-0.25, -0.2) is 0 Å². The van der Waals surface area contributed by atoms with Gasteiger partial charge in [0.2, 0.25) is 0 Å². The maximum atomic E-state index is 12.0. The predicted octanol–water partition coefficient (Wildman–Crippen LogP) is 2.66. The highest BCUT2D eigenvalue weighted by Gasteiger charge is 2.37. The van der Waals surface area contributed by atoms with Crippen LogP contribution in [0.3, 0.4) is 0 Å². The van der Waals surface area contributed by atoms with E-state index >= 15 is 0 Å². The Balaban J connectivity index is 2.60. The second-order valence-corrected chi connectivity index (χ2v) is 4.76. The zero-order valence-corrected chi connectivity index (χ0v) is 10.3. The van der Waals surface area contributed by atoms with Gasteiger partial charge in [0, 0.05) is 0 Å². The van der Waals surface area contributed by atoms with Gasteiger partial charge in [0.15, 0.2) is 0 Å². The fourth-order valence-corrected chi connectivity index (χ4v) is 2.58. The Morgan fingerprint density at radius 1 is 1.19 bits per heavy atom. The van der Waals surface area contributed by atoms with E-state index in [-0.39, 0.29) is 24.6 Å². The Bertz CT molecular complexity index is 205. The molecule has 0 unspecified atom stereocenters. The van der Waals surface area contributed by atoms with Crippen LogP contribution in [-0.4, -0.2) is 24.3 Å². The van der Waals surface area contributed by atoms with E-state index in [0.29, 0.717) is 0 Å². The molecule has 1 aliphatic carbocycles. The maximum Gasteiger partial charge on any atom is 0.312 e. The molecule has 94 valence electrons. The molecule has 0 saturated heterocycles. The van der Waals surface area contributed by atoms with E-state index in [0.717, 1.165) is 32.1 Å². The Kier molecular flexibility index (Phi) is 5.81. The van der Waals surface area contributed by atoms with Gasteiger partial charge in [-0.1, -0.05) is 39.0 Å². The minimum atomic E-state index is -0.268. The van der Waals surface area contributed by atoms with Crippen molar-refractivity contribution in [2.45, 2.75) is 58.3 Å². The smallest absolute Gasteiger partial charge is 0.312 e. The lowest BCUT2D eigenvalue weighted by atomic mass is 9.74. The number of aliphatic hydroxyl groups is 1. The Morgan fingerprint density at radius 3 is 2.25 bits per heavy atom. The number of carbonyl (C=O) groups excluding carboxylic acids is 1. The van der Waals surface area contributed by atoms with E-state index in [1.54, 1.807) is 0 Å². The van der Waals surface area contributed by atoms with Crippen LogP contribution in [0.15, 0.2) is 0 Å². The normalized spacial score (nSPS) is 20.9. The molecule has 1 N–H and O–H groups in total. The maximum absolute atomic E-state index is 12.0. The topological polar surface area (TPSA) is 46.5 Å². The largest absolute Gasteiger partial charge is 0.463 e. The van der Waals surface area contributed by atoms with E-state index in [9.17, 15) is 4.79 Å². The Labute approximate surface area is 98.2 Å². The molecule has 0 heterocycles. The fourth-order valence-electron chi connectivity index (χ4n) is 2.58. The lowest BCUT2D eigenvalue weighted by Gasteiger charge is -2.32. The highest BCUT2D eigenvalue weighted by Crippen LogP contribution is 2.38. The zero-order valence-electron chi connectivity index (χ0n) is 10.3. The van der Waals surface area contributed by atoms with Gasteiger partial charge in [0.05, 0.1) is 12.0 Å². The summed E-state index contributed by atoms with van der Waals surface area (Å²) < 4.78 is 5.13. The molecule has 0 radical (unpaired) electrons. The quantitative estimate of drug-likeness (QED) is 0.752. The van der Waals surface area contributed by atoms with Crippen LogP contribution in [0, 0.1) is 5.41 Å². The summed E-state index contributed by atoms with van der Waals surface area (Å²) in [6.45, 7) is 2.13. The van der Waals surface area contributed by atoms with Crippen LogP contribution in [0.5, 0.6) is 0 Å². The monoisotopic (exact) mass is 228 g/mol. The standard InChI is InChI=1S/C13H24O3/c1-2-13(12(15)16-11-10-14)8-6-4-3-5-7-9-13/h14H,2-11H2,1H3. The van der Waals surface area contributed by atoms with Crippen molar-refractivity contribution < 1.29 is 14.6 Å². The second-order valence-electron chi connectivity index (χ2n) is 4.76. The third-order valence-corrected chi connectivity index (χ3v) is 3.74. The molecule has 0 amide bonds. The van der Waals surface area contributed by atoms with Crippen LogP contribution in [0.4, 0.5) is 0 Å². The van der Waals surface area contributed by atoms with E-state index in [1.807, 2.05) is 0 Å². The Morgan fingerprint density at radius 2 is 1.75 bits per heavy atom. The van der Waals surface area contributed by atoms with Crippen LogP contribution in [0.2, 0.25) is 0 Å². The van der Waals surface area contributed by atoms with Gasteiger partial charge in [-0.15, -0.1) is 0 Å². The van der Waals surface area contributed by atoms with Crippen LogP contribution < -0.4 is 0 Å². The first-order valence-corrected chi connectivity index (χ1v) is 6.53. The number of esters is 1. The van der Waals surface area contributed by atoms with Crippen molar-refractivity contribution in [1.82, 2.24) is 0 Å². The fraction of sp³-hybridized carbons (Fsp3) is 0.923. The second kappa shape index (κ2) is 6.89. The third kappa shape index (κ3) is 3.48. The minimum absolute atomic E-state index is 0.0778. The zero-order chi connectivity index (χ0) is 11.9. The lowest BCUT2D eigenvalue weighted by molar-refractivity contribution is -0.158. The van der Waals surface area contributed by atoms with E-state index in [2.05, 4.69) is 6.92 Å². The summed E-state index contributed by atoms with van der Waals surface area (Å²) in [7, 11) is 0. The molecule has 1 rings (SSSR count). The molecule has 3 heteroatoms. The molecule has 0 atom stereocenters. The van der Waals surface area contributed by atoms with Crippen molar-refractivity contribution in [2.75, 3.05) is 13.2 Å².